The molecule has 2 aliphatic rings. The quantitative estimate of drug-likeness (QED) is 0.756. The van der Waals surface area contributed by atoms with Gasteiger partial charge in [-0.1, -0.05) is 0 Å². The summed E-state index contributed by atoms with van der Waals surface area (Å²) in [5.74, 6) is 0.313. The maximum absolute atomic E-state index is 11.4. The fourth-order valence-electron chi connectivity index (χ4n) is 2.55. The summed E-state index contributed by atoms with van der Waals surface area (Å²) in [5.41, 5.74) is 4.57. The van der Waals surface area contributed by atoms with Crippen molar-refractivity contribution in [1.29, 1.82) is 0 Å². The molecule has 0 unspecified atom stereocenters. The predicted octanol–water partition coefficient (Wildman–Crippen LogP) is -0.0108. The molecule has 2 heterocycles. The molecule has 1 atom stereocenters. The first-order valence-corrected chi connectivity index (χ1v) is 6.34. The number of hydrogen-bond donors (Lipinski definition) is 1. The van der Waals surface area contributed by atoms with Crippen molar-refractivity contribution in [3.8, 4) is 0 Å². The van der Waals surface area contributed by atoms with Crippen LogP contribution in [0.5, 0.6) is 0 Å². The van der Waals surface area contributed by atoms with Crippen LogP contribution in [-0.4, -0.2) is 55.9 Å². The van der Waals surface area contributed by atoms with Crippen LogP contribution in [0.4, 0.5) is 0 Å². The van der Waals surface area contributed by atoms with E-state index in [9.17, 15) is 4.79 Å². The number of morpholine rings is 1. The fourth-order valence-corrected chi connectivity index (χ4v) is 2.55. The zero-order valence-electron chi connectivity index (χ0n) is 10.5. The van der Waals surface area contributed by atoms with Crippen LogP contribution in [0, 0.1) is 5.92 Å². The van der Waals surface area contributed by atoms with E-state index in [4.69, 9.17) is 15.2 Å². The van der Waals surface area contributed by atoms with Gasteiger partial charge in [-0.05, 0) is 25.7 Å². The lowest BCUT2D eigenvalue weighted by Crippen LogP contribution is -2.57. The second-order valence-corrected chi connectivity index (χ2v) is 5.23. The Hall–Kier alpha value is -0.650. The fraction of sp³-hybridized carbons (Fsp3) is 0.917. The molecule has 0 aromatic rings. The maximum atomic E-state index is 11.4. The highest BCUT2D eigenvalue weighted by atomic mass is 16.5. The molecule has 2 fully saturated rings. The van der Waals surface area contributed by atoms with E-state index >= 15 is 0 Å². The molecule has 2 rings (SSSR count). The van der Waals surface area contributed by atoms with Crippen LogP contribution in [0.15, 0.2) is 0 Å². The average molecular weight is 242 g/mol. The van der Waals surface area contributed by atoms with Crippen LogP contribution < -0.4 is 5.73 Å². The SMILES string of the molecule is C[C@@]1(C(N)=O)CN(CC2CCOCC2)CCO1. The van der Waals surface area contributed by atoms with E-state index in [0.29, 0.717) is 19.1 Å². The van der Waals surface area contributed by atoms with Gasteiger partial charge in [-0.2, -0.15) is 0 Å². The predicted molar refractivity (Wildman–Crippen MR) is 63.5 cm³/mol. The van der Waals surface area contributed by atoms with Crippen molar-refractivity contribution < 1.29 is 14.3 Å². The van der Waals surface area contributed by atoms with Gasteiger partial charge in [-0.25, -0.2) is 0 Å². The minimum atomic E-state index is -0.816. The highest BCUT2D eigenvalue weighted by molar-refractivity contribution is 5.83. The Morgan fingerprint density at radius 3 is 2.76 bits per heavy atom. The van der Waals surface area contributed by atoms with E-state index in [1.165, 1.54) is 0 Å². The number of hydrogen-bond acceptors (Lipinski definition) is 4. The van der Waals surface area contributed by atoms with Gasteiger partial charge < -0.3 is 15.2 Å². The number of ether oxygens (including phenoxy) is 2. The van der Waals surface area contributed by atoms with Gasteiger partial charge in [0.2, 0.25) is 0 Å². The van der Waals surface area contributed by atoms with E-state index in [1.54, 1.807) is 6.92 Å². The molecule has 0 radical (unpaired) electrons. The van der Waals surface area contributed by atoms with Crippen LogP contribution in [-0.2, 0) is 14.3 Å². The Kier molecular flexibility index (Phi) is 4.01. The monoisotopic (exact) mass is 242 g/mol. The third-order valence-corrected chi connectivity index (χ3v) is 3.73. The van der Waals surface area contributed by atoms with Crippen molar-refractivity contribution in [1.82, 2.24) is 4.90 Å². The van der Waals surface area contributed by atoms with Gasteiger partial charge in [0, 0.05) is 32.8 Å². The Balaban J connectivity index is 1.86. The molecule has 17 heavy (non-hydrogen) atoms. The van der Waals surface area contributed by atoms with Gasteiger partial charge in [-0.15, -0.1) is 0 Å². The van der Waals surface area contributed by atoms with Crippen molar-refractivity contribution in [2.75, 3.05) is 39.5 Å². The van der Waals surface area contributed by atoms with Crippen molar-refractivity contribution in [3.63, 3.8) is 0 Å². The Morgan fingerprint density at radius 1 is 1.41 bits per heavy atom. The lowest BCUT2D eigenvalue weighted by molar-refractivity contribution is -0.154. The minimum absolute atomic E-state index is 0.367. The molecular weight excluding hydrogens is 220 g/mol. The molecule has 5 heteroatoms. The first-order chi connectivity index (χ1) is 8.10. The summed E-state index contributed by atoms with van der Waals surface area (Å²) < 4.78 is 10.9. The molecule has 0 aromatic heterocycles. The van der Waals surface area contributed by atoms with Crippen molar-refractivity contribution in [2.45, 2.75) is 25.4 Å². The summed E-state index contributed by atoms with van der Waals surface area (Å²) in [5, 5.41) is 0. The van der Waals surface area contributed by atoms with E-state index < -0.39 is 5.60 Å². The smallest absolute Gasteiger partial charge is 0.250 e. The van der Waals surface area contributed by atoms with Crippen molar-refractivity contribution in [3.05, 3.63) is 0 Å². The summed E-state index contributed by atoms with van der Waals surface area (Å²) >= 11 is 0. The van der Waals surface area contributed by atoms with Crippen LogP contribution in [0.3, 0.4) is 0 Å². The van der Waals surface area contributed by atoms with E-state index in [0.717, 1.165) is 39.1 Å². The largest absolute Gasteiger partial charge is 0.381 e. The van der Waals surface area contributed by atoms with E-state index in [2.05, 4.69) is 4.90 Å². The third kappa shape index (κ3) is 3.18. The van der Waals surface area contributed by atoms with Crippen LogP contribution in [0.25, 0.3) is 0 Å². The highest BCUT2D eigenvalue weighted by Crippen LogP contribution is 2.21. The summed E-state index contributed by atoms with van der Waals surface area (Å²) in [4.78, 5) is 13.7. The molecule has 1 amide bonds. The molecule has 0 saturated carbocycles. The molecule has 0 aromatic carbocycles. The van der Waals surface area contributed by atoms with Crippen LogP contribution >= 0.6 is 0 Å². The first kappa shape index (κ1) is 12.8. The molecule has 98 valence electrons. The standard InChI is InChI=1S/C12H22N2O3/c1-12(11(13)15)9-14(4-7-17-12)8-10-2-5-16-6-3-10/h10H,2-9H2,1H3,(H2,13,15)/t12-/m0/s1. The topological polar surface area (TPSA) is 64.8 Å². The normalized spacial score (nSPS) is 32.5. The van der Waals surface area contributed by atoms with Crippen LogP contribution in [0.1, 0.15) is 19.8 Å². The second kappa shape index (κ2) is 5.33. The molecule has 2 saturated heterocycles. The number of amides is 1. The Labute approximate surface area is 102 Å². The number of carbonyl (C=O) groups excluding carboxylic acids is 1. The summed E-state index contributed by atoms with van der Waals surface area (Å²) in [6.07, 6.45) is 2.23. The second-order valence-electron chi connectivity index (χ2n) is 5.23. The van der Waals surface area contributed by atoms with Crippen LogP contribution in [0.2, 0.25) is 0 Å². The zero-order valence-corrected chi connectivity index (χ0v) is 10.5. The van der Waals surface area contributed by atoms with Crippen molar-refractivity contribution in [2.24, 2.45) is 11.7 Å². The van der Waals surface area contributed by atoms with Gasteiger partial charge in [0.25, 0.3) is 5.91 Å². The van der Waals surface area contributed by atoms with Gasteiger partial charge in [-0.3, -0.25) is 9.69 Å². The molecule has 2 aliphatic heterocycles. The number of nitrogens with zero attached hydrogens (tertiary/aromatic N) is 1. The summed E-state index contributed by atoms with van der Waals surface area (Å²) in [6.45, 7) is 6.62. The molecule has 2 N–H and O–H groups in total. The molecule has 0 aliphatic carbocycles. The van der Waals surface area contributed by atoms with E-state index in [1.807, 2.05) is 0 Å². The molecule has 0 spiro atoms. The minimum Gasteiger partial charge on any atom is -0.381 e. The highest BCUT2D eigenvalue weighted by Gasteiger charge is 2.38. The summed E-state index contributed by atoms with van der Waals surface area (Å²) in [6, 6.07) is 0. The molecular formula is C12H22N2O3. The number of carbonyl (C=O) groups is 1. The van der Waals surface area contributed by atoms with E-state index in [-0.39, 0.29) is 5.91 Å². The molecule has 5 nitrogen and oxygen atoms in total. The summed E-state index contributed by atoms with van der Waals surface area (Å²) in [7, 11) is 0. The number of rotatable bonds is 3. The van der Waals surface area contributed by atoms with Gasteiger partial charge in [0.1, 0.15) is 0 Å². The van der Waals surface area contributed by atoms with Crippen molar-refractivity contribution >= 4 is 5.91 Å². The Morgan fingerprint density at radius 2 is 2.12 bits per heavy atom. The lowest BCUT2D eigenvalue weighted by atomic mass is 9.97. The maximum Gasteiger partial charge on any atom is 0.250 e. The van der Waals surface area contributed by atoms with Gasteiger partial charge in [0.05, 0.1) is 6.61 Å². The molecule has 0 bridgehead atoms. The first-order valence-electron chi connectivity index (χ1n) is 6.34. The van der Waals surface area contributed by atoms with Gasteiger partial charge in [0.15, 0.2) is 5.60 Å². The average Bonchev–Trinajstić information content (AvgIpc) is 2.30. The zero-order chi connectivity index (χ0) is 12.3. The lowest BCUT2D eigenvalue weighted by Gasteiger charge is -2.40. The third-order valence-electron chi connectivity index (χ3n) is 3.73. The number of primary amides is 1. The number of nitrogens with two attached hydrogens (primary N) is 1. The van der Waals surface area contributed by atoms with Gasteiger partial charge >= 0.3 is 0 Å². The Bertz CT molecular complexity index is 279.